The fourth-order valence-electron chi connectivity index (χ4n) is 6.43. The molecular formula is C24H27F2N11O8P2S2. The summed E-state index contributed by atoms with van der Waals surface area (Å²) in [4.78, 5) is 37.1. The van der Waals surface area contributed by atoms with Gasteiger partial charge >= 0.3 is 13.5 Å². The van der Waals surface area contributed by atoms with E-state index in [0.29, 0.717) is 35.8 Å². The van der Waals surface area contributed by atoms with Gasteiger partial charge in [0.05, 0.1) is 25.9 Å². The maximum absolute atomic E-state index is 16.3. The third-order valence-electron chi connectivity index (χ3n) is 8.90. The summed E-state index contributed by atoms with van der Waals surface area (Å²) in [6.45, 7) is -8.87. The molecule has 4 N–H and O–H groups in total. The zero-order valence-corrected chi connectivity index (χ0v) is 28.3. The SMILES string of the molecule is O=P1(S)OC[C@H]2OC3[C@H](F)[C@@H]2OP(O)(=S)OC[C@H]2OC([C@H](F)[C@@H]2O1)n1cnc2c(ncnc21)NCC1NC1CNc1ncnc2c1ncn23. The van der Waals surface area contributed by atoms with Crippen LogP contribution in [0.5, 0.6) is 0 Å². The average molecular weight is 762 g/mol. The van der Waals surface area contributed by atoms with Gasteiger partial charge in [-0.25, -0.2) is 43.2 Å². The first-order valence-corrected chi connectivity index (χ1v) is 20.3. The highest BCUT2D eigenvalue weighted by Gasteiger charge is 2.54. The number of imidazole rings is 2. The van der Waals surface area contributed by atoms with E-state index in [4.69, 9.17) is 39.4 Å². The Morgan fingerprint density at radius 1 is 0.816 bits per heavy atom. The predicted molar refractivity (Wildman–Crippen MR) is 171 cm³/mol. The average Bonchev–Trinajstić information content (AvgIpc) is 3.34. The second-order valence-electron chi connectivity index (χ2n) is 11.9. The van der Waals surface area contributed by atoms with Crippen LogP contribution in [0, 0.1) is 0 Å². The fraction of sp³-hybridized carbons (Fsp3) is 0.583. The molecule has 10 rings (SSSR count). The van der Waals surface area contributed by atoms with E-state index in [1.165, 1.54) is 34.4 Å². The van der Waals surface area contributed by atoms with Crippen LogP contribution in [0.2, 0.25) is 0 Å². The largest absolute Gasteiger partial charge is 0.386 e. The van der Waals surface area contributed by atoms with E-state index in [1.807, 2.05) is 0 Å². The topological polar surface area (TPSA) is 226 Å². The van der Waals surface area contributed by atoms with E-state index >= 15 is 8.78 Å². The van der Waals surface area contributed by atoms with Crippen LogP contribution >= 0.6 is 25.8 Å². The number of ether oxygens (including phenoxy) is 2. The number of halogens is 2. The van der Waals surface area contributed by atoms with Gasteiger partial charge in [-0.1, -0.05) is 12.2 Å². The maximum atomic E-state index is 16.3. The molecule has 4 fully saturated rings. The first kappa shape index (κ1) is 32.4. The van der Waals surface area contributed by atoms with Gasteiger partial charge in [-0.05, 0) is 11.8 Å². The second kappa shape index (κ2) is 12.0. The fourth-order valence-corrected chi connectivity index (χ4v) is 9.35. The number of rotatable bonds is 0. The molecule has 14 bridgehead atoms. The van der Waals surface area contributed by atoms with Crippen LogP contribution in [0.25, 0.3) is 22.3 Å². The van der Waals surface area contributed by atoms with Crippen molar-refractivity contribution in [3.63, 3.8) is 0 Å². The number of nitrogens with one attached hydrogen (secondary N) is 3. The van der Waals surface area contributed by atoms with Crippen LogP contribution in [-0.4, -0.2) is 119 Å². The molecular weight excluding hydrogens is 734 g/mol. The molecule has 0 radical (unpaired) electrons. The summed E-state index contributed by atoms with van der Waals surface area (Å²) in [6, 6.07) is 0.131. The molecule has 0 saturated carbocycles. The molecule has 25 heteroatoms. The summed E-state index contributed by atoms with van der Waals surface area (Å²) in [6.07, 6.45) is -7.31. The number of fused-ring (bicyclic) bond motifs is 8. The van der Waals surface area contributed by atoms with Crippen LogP contribution in [0.1, 0.15) is 12.5 Å². The van der Waals surface area contributed by atoms with Gasteiger partial charge in [-0.3, -0.25) is 22.7 Å². The molecule has 6 aliphatic heterocycles. The highest BCUT2D eigenvalue weighted by Crippen LogP contribution is 2.58. The first-order valence-electron chi connectivity index (χ1n) is 15.0. The summed E-state index contributed by atoms with van der Waals surface area (Å²) in [5.74, 6) is 0.823. The molecule has 0 aromatic carbocycles. The third kappa shape index (κ3) is 5.82. The van der Waals surface area contributed by atoms with E-state index in [2.05, 4.69) is 58.1 Å². The molecule has 49 heavy (non-hydrogen) atoms. The smallest absolute Gasteiger partial charge is 0.366 e. The van der Waals surface area contributed by atoms with Crippen molar-refractivity contribution in [2.24, 2.45) is 0 Å². The number of alkyl halides is 2. The summed E-state index contributed by atoms with van der Waals surface area (Å²) < 4.78 is 83.1. The van der Waals surface area contributed by atoms with Gasteiger partial charge in [0.1, 0.15) is 37.1 Å². The minimum absolute atomic E-state index is 0.0655. The number of anilines is 2. The van der Waals surface area contributed by atoms with Crippen molar-refractivity contribution < 1.29 is 45.8 Å². The molecule has 262 valence electrons. The normalized spacial score (nSPS) is 40.8. The van der Waals surface area contributed by atoms with Crippen molar-refractivity contribution in [1.29, 1.82) is 0 Å². The number of thiol groups is 1. The van der Waals surface area contributed by atoms with Crippen molar-refractivity contribution >= 4 is 71.5 Å². The Morgan fingerprint density at radius 2 is 1.33 bits per heavy atom. The number of aromatic nitrogens is 8. The summed E-state index contributed by atoms with van der Waals surface area (Å²) in [5, 5.41) is 9.90. The highest BCUT2D eigenvalue weighted by atomic mass is 32.7. The number of hydrogen-bond acceptors (Lipinski definition) is 17. The number of hydrogen-bond donors (Lipinski definition) is 5. The van der Waals surface area contributed by atoms with E-state index in [0.717, 1.165) is 0 Å². The van der Waals surface area contributed by atoms with Crippen LogP contribution in [0.3, 0.4) is 0 Å². The minimum Gasteiger partial charge on any atom is -0.366 e. The second-order valence-corrected chi connectivity index (χ2v) is 17.6. The Morgan fingerprint density at radius 3 is 1.88 bits per heavy atom. The summed E-state index contributed by atoms with van der Waals surface area (Å²) in [7, 11) is 0. The molecule has 6 unspecified atom stereocenters. The summed E-state index contributed by atoms with van der Waals surface area (Å²) in [5.41, 5.74) is 1.17. The Labute approximate surface area is 284 Å². The van der Waals surface area contributed by atoms with E-state index < -0.39 is 75.9 Å². The Kier molecular flexibility index (Phi) is 7.95. The van der Waals surface area contributed by atoms with Gasteiger partial charge in [0.25, 0.3) is 0 Å². The van der Waals surface area contributed by atoms with Crippen LogP contribution in [0.15, 0.2) is 25.3 Å². The minimum atomic E-state index is -4.38. The standard InChI is InChI=1S/C24H27F2N11O8P2S2/c25-13-17-11-3-40-47(39,49)45-18-12(4-41-46(38,48)44-17)43-24(14(18)26)37-8-34-16-20(30-6-32-22(16)37)28-2-10-9(35-10)1-27-19-15-21(31-5-29-19)36(7-33-15)23(13)42-11/h5-14,17-18,23-24,35H,1-4H2,(H,38,48)(H,39,49)(H,27,29,31)(H,28,30,32)/t9?,10?,11-,12-,13-,14-,17-,18-,23?,24?,46?,47?/m1/s1. The van der Waals surface area contributed by atoms with Gasteiger partial charge in [0.15, 0.2) is 58.8 Å². The van der Waals surface area contributed by atoms with E-state index in [1.54, 1.807) is 0 Å². The van der Waals surface area contributed by atoms with Crippen molar-refractivity contribution in [3.8, 4) is 0 Å². The Bertz CT molecular complexity index is 1890. The van der Waals surface area contributed by atoms with E-state index in [-0.39, 0.29) is 23.4 Å². The lowest BCUT2D eigenvalue weighted by Crippen LogP contribution is -2.37. The lowest BCUT2D eigenvalue weighted by atomic mass is 10.1. The molecule has 6 aliphatic rings. The molecule has 4 aromatic heterocycles. The third-order valence-corrected chi connectivity index (χ3v) is 12.1. The van der Waals surface area contributed by atoms with Crippen LogP contribution < -0.4 is 16.0 Å². The first-order chi connectivity index (χ1) is 23.6. The molecule has 10 heterocycles. The molecule has 0 aliphatic carbocycles. The van der Waals surface area contributed by atoms with Gasteiger partial charge in [0, 0.05) is 25.2 Å². The molecule has 4 saturated heterocycles. The molecule has 4 aromatic rings. The maximum Gasteiger partial charge on any atom is 0.386 e. The van der Waals surface area contributed by atoms with Crippen molar-refractivity contribution in [1.82, 2.24) is 44.4 Å². The van der Waals surface area contributed by atoms with Crippen molar-refractivity contribution in [2.45, 2.75) is 61.3 Å². The Balaban J connectivity index is 1.12. The highest BCUT2D eigenvalue weighted by molar-refractivity contribution is 8.44. The molecule has 12 atom stereocenters. The van der Waals surface area contributed by atoms with Gasteiger partial charge < -0.3 is 34.8 Å². The quantitative estimate of drug-likeness (QED) is 0.0969. The molecule has 0 amide bonds. The van der Waals surface area contributed by atoms with Crippen molar-refractivity contribution in [3.05, 3.63) is 25.3 Å². The molecule has 0 spiro atoms. The van der Waals surface area contributed by atoms with Gasteiger partial charge in [0.2, 0.25) is 0 Å². The van der Waals surface area contributed by atoms with Crippen molar-refractivity contribution in [2.75, 3.05) is 36.9 Å². The van der Waals surface area contributed by atoms with Crippen LogP contribution in [-0.2, 0) is 43.9 Å². The van der Waals surface area contributed by atoms with E-state index in [9.17, 15) is 9.46 Å². The van der Waals surface area contributed by atoms with Gasteiger partial charge in [-0.15, -0.1) is 0 Å². The lowest BCUT2D eigenvalue weighted by Gasteiger charge is -2.29. The van der Waals surface area contributed by atoms with Crippen LogP contribution in [0.4, 0.5) is 20.4 Å². The monoisotopic (exact) mass is 761 g/mol. The zero-order chi connectivity index (χ0) is 33.7. The Hall–Kier alpha value is -2.53. The van der Waals surface area contributed by atoms with Gasteiger partial charge in [-0.2, -0.15) is 0 Å². The zero-order valence-electron chi connectivity index (χ0n) is 24.8. The molecule has 19 nitrogen and oxygen atoms in total. The summed E-state index contributed by atoms with van der Waals surface area (Å²) >= 11 is 9.30. The lowest BCUT2D eigenvalue weighted by molar-refractivity contribution is -0.0564. The predicted octanol–water partition coefficient (Wildman–Crippen LogP) is 1.39. The number of nitrogens with zero attached hydrogens (tertiary/aromatic N) is 8.